The highest BCUT2D eigenvalue weighted by atomic mass is 16.5. The summed E-state index contributed by atoms with van der Waals surface area (Å²) in [5.41, 5.74) is 6.01. The molecule has 0 radical (unpaired) electrons. The van der Waals surface area contributed by atoms with Crippen molar-refractivity contribution >= 4 is 5.91 Å². The van der Waals surface area contributed by atoms with E-state index in [4.69, 9.17) is 15.6 Å². The lowest BCUT2D eigenvalue weighted by atomic mass is 10.2. The maximum atomic E-state index is 10.6. The van der Waals surface area contributed by atoms with E-state index >= 15 is 0 Å². The van der Waals surface area contributed by atoms with E-state index in [2.05, 4.69) is 0 Å². The van der Waals surface area contributed by atoms with Crippen molar-refractivity contribution in [1.29, 1.82) is 0 Å². The molecule has 0 aliphatic heterocycles. The number of rotatable bonds is 6. The SMILES string of the molecule is NC(=O)C[C@@H](CO)OCc1ccccc1. The molecule has 0 aliphatic rings. The molecule has 0 heterocycles. The van der Waals surface area contributed by atoms with Gasteiger partial charge < -0.3 is 15.6 Å². The van der Waals surface area contributed by atoms with Crippen LogP contribution in [0.5, 0.6) is 0 Å². The highest BCUT2D eigenvalue weighted by Crippen LogP contribution is 2.05. The lowest BCUT2D eigenvalue weighted by Gasteiger charge is -2.13. The minimum absolute atomic E-state index is 0.0450. The molecule has 4 heteroatoms. The van der Waals surface area contributed by atoms with Gasteiger partial charge in [-0.1, -0.05) is 30.3 Å². The second kappa shape index (κ2) is 6.16. The number of aliphatic hydroxyl groups is 1. The number of carbonyl (C=O) groups is 1. The summed E-state index contributed by atoms with van der Waals surface area (Å²) >= 11 is 0. The fourth-order valence-electron chi connectivity index (χ4n) is 1.19. The van der Waals surface area contributed by atoms with E-state index in [-0.39, 0.29) is 13.0 Å². The largest absolute Gasteiger partial charge is 0.394 e. The number of hydrogen-bond acceptors (Lipinski definition) is 3. The number of hydrogen-bond donors (Lipinski definition) is 2. The molecule has 82 valence electrons. The topological polar surface area (TPSA) is 72.6 Å². The molecule has 0 saturated carbocycles. The number of benzene rings is 1. The second-order valence-electron chi connectivity index (χ2n) is 3.27. The molecule has 0 fully saturated rings. The Morgan fingerprint density at radius 3 is 2.60 bits per heavy atom. The molecular weight excluding hydrogens is 194 g/mol. The predicted octanol–water partition coefficient (Wildman–Crippen LogP) is 0.439. The fourth-order valence-corrected chi connectivity index (χ4v) is 1.19. The number of carbonyl (C=O) groups excluding carboxylic acids is 1. The molecule has 1 amide bonds. The van der Waals surface area contributed by atoms with E-state index in [0.29, 0.717) is 6.61 Å². The van der Waals surface area contributed by atoms with E-state index in [1.54, 1.807) is 0 Å². The monoisotopic (exact) mass is 209 g/mol. The van der Waals surface area contributed by atoms with Crippen LogP contribution in [0.4, 0.5) is 0 Å². The van der Waals surface area contributed by atoms with Crippen LogP contribution >= 0.6 is 0 Å². The smallest absolute Gasteiger partial charge is 0.220 e. The van der Waals surface area contributed by atoms with Gasteiger partial charge in [-0.25, -0.2) is 0 Å². The van der Waals surface area contributed by atoms with Gasteiger partial charge in [0.05, 0.1) is 25.7 Å². The second-order valence-corrected chi connectivity index (χ2v) is 3.27. The first kappa shape index (κ1) is 11.7. The predicted molar refractivity (Wildman–Crippen MR) is 55.9 cm³/mol. The zero-order valence-electron chi connectivity index (χ0n) is 8.43. The average Bonchev–Trinajstić information content (AvgIpc) is 2.25. The summed E-state index contributed by atoms with van der Waals surface area (Å²) in [5, 5.41) is 8.92. The van der Waals surface area contributed by atoms with E-state index in [0.717, 1.165) is 5.56 Å². The number of amides is 1. The van der Waals surface area contributed by atoms with Crippen LogP contribution in [0.25, 0.3) is 0 Å². The Hall–Kier alpha value is -1.39. The van der Waals surface area contributed by atoms with Gasteiger partial charge >= 0.3 is 0 Å². The Bertz CT molecular complexity index is 300. The summed E-state index contributed by atoms with van der Waals surface area (Å²) in [5.74, 6) is -0.470. The molecular formula is C11H15NO3. The van der Waals surface area contributed by atoms with E-state index in [9.17, 15) is 4.79 Å². The van der Waals surface area contributed by atoms with Gasteiger partial charge in [-0.2, -0.15) is 0 Å². The van der Waals surface area contributed by atoms with Crippen molar-refractivity contribution < 1.29 is 14.6 Å². The number of ether oxygens (including phenoxy) is 1. The van der Waals surface area contributed by atoms with Crippen LogP contribution < -0.4 is 5.73 Å². The summed E-state index contributed by atoms with van der Waals surface area (Å²) < 4.78 is 5.34. The molecule has 0 saturated heterocycles. The molecule has 1 atom stereocenters. The Morgan fingerprint density at radius 2 is 2.07 bits per heavy atom. The summed E-state index contributed by atoms with van der Waals surface area (Å²) in [6.45, 7) is 0.176. The summed E-state index contributed by atoms with van der Waals surface area (Å²) in [4.78, 5) is 10.6. The van der Waals surface area contributed by atoms with Crippen molar-refractivity contribution in [3.63, 3.8) is 0 Å². The molecule has 0 aromatic heterocycles. The highest BCUT2D eigenvalue weighted by Gasteiger charge is 2.10. The van der Waals surface area contributed by atoms with Gasteiger partial charge in [-0.15, -0.1) is 0 Å². The summed E-state index contributed by atoms with van der Waals surface area (Å²) in [6, 6.07) is 9.55. The molecule has 0 spiro atoms. The lowest BCUT2D eigenvalue weighted by Crippen LogP contribution is -2.25. The van der Waals surface area contributed by atoms with Crippen molar-refractivity contribution in [2.45, 2.75) is 19.1 Å². The van der Waals surface area contributed by atoms with Crippen LogP contribution in [-0.2, 0) is 16.1 Å². The third-order valence-electron chi connectivity index (χ3n) is 1.96. The van der Waals surface area contributed by atoms with Crippen LogP contribution in [0, 0.1) is 0 Å². The zero-order valence-corrected chi connectivity index (χ0v) is 8.43. The Balaban J connectivity index is 2.37. The van der Waals surface area contributed by atoms with E-state index in [1.807, 2.05) is 30.3 Å². The molecule has 3 N–H and O–H groups in total. The van der Waals surface area contributed by atoms with Gasteiger partial charge in [0, 0.05) is 0 Å². The molecule has 1 aromatic rings. The molecule has 15 heavy (non-hydrogen) atoms. The number of aliphatic hydroxyl groups excluding tert-OH is 1. The van der Waals surface area contributed by atoms with Crippen LogP contribution in [0.2, 0.25) is 0 Å². The minimum Gasteiger partial charge on any atom is -0.394 e. The Kier molecular flexibility index (Phi) is 4.80. The van der Waals surface area contributed by atoms with Gasteiger partial charge in [0.15, 0.2) is 0 Å². The highest BCUT2D eigenvalue weighted by molar-refractivity contribution is 5.74. The molecule has 0 aliphatic carbocycles. The van der Waals surface area contributed by atoms with Gasteiger partial charge in [0.1, 0.15) is 0 Å². The van der Waals surface area contributed by atoms with Crippen LogP contribution in [-0.4, -0.2) is 23.7 Å². The number of primary amides is 1. The normalized spacial score (nSPS) is 12.3. The molecule has 1 aromatic carbocycles. The molecule has 4 nitrogen and oxygen atoms in total. The lowest BCUT2D eigenvalue weighted by molar-refractivity contribution is -0.122. The standard InChI is InChI=1S/C11H15NO3/c12-11(14)6-10(7-13)15-8-9-4-2-1-3-5-9/h1-5,10,13H,6-8H2,(H2,12,14)/t10-/m0/s1. The van der Waals surface area contributed by atoms with Gasteiger partial charge in [0.2, 0.25) is 5.91 Å². The van der Waals surface area contributed by atoms with Crippen molar-refractivity contribution in [3.05, 3.63) is 35.9 Å². The van der Waals surface area contributed by atoms with Crippen molar-refractivity contribution in [2.24, 2.45) is 5.73 Å². The first-order valence-electron chi connectivity index (χ1n) is 4.77. The van der Waals surface area contributed by atoms with Gasteiger partial charge in [-0.05, 0) is 5.56 Å². The van der Waals surface area contributed by atoms with E-state index in [1.165, 1.54) is 0 Å². The molecule has 1 rings (SSSR count). The summed E-state index contributed by atoms with van der Waals surface area (Å²) in [6.07, 6.45) is -0.466. The van der Waals surface area contributed by atoms with Crippen LogP contribution in [0.1, 0.15) is 12.0 Å². The number of nitrogens with two attached hydrogens (primary N) is 1. The van der Waals surface area contributed by atoms with Gasteiger partial charge in [0.25, 0.3) is 0 Å². The van der Waals surface area contributed by atoms with Gasteiger partial charge in [-0.3, -0.25) is 4.79 Å². The van der Waals surface area contributed by atoms with Crippen molar-refractivity contribution in [2.75, 3.05) is 6.61 Å². The fraction of sp³-hybridized carbons (Fsp3) is 0.364. The van der Waals surface area contributed by atoms with Crippen molar-refractivity contribution in [3.8, 4) is 0 Å². The molecule has 0 unspecified atom stereocenters. The zero-order chi connectivity index (χ0) is 11.1. The first-order valence-corrected chi connectivity index (χ1v) is 4.77. The minimum atomic E-state index is -0.511. The quantitative estimate of drug-likeness (QED) is 0.714. The third-order valence-corrected chi connectivity index (χ3v) is 1.96. The third kappa shape index (κ3) is 4.58. The van der Waals surface area contributed by atoms with Crippen molar-refractivity contribution in [1.82, 2.24) is 0 Å². The maximum absolute atomic E-state index is 10.6. The van der Waals surface area contributed by atoms with Crippen LogP contribution in [0.3, 0.4) is 0 Å². The Morgan fingerprint density at radius 1 is 1.40 bits per heavy atom. The molecule has 0 bridgehead atoms. The maximum Gasteiger partial charge on any atom is 0.220 e. The van der Waals surface area contributed by atoms with Crippen LogP contribution in [0.15, 0.2) is 30.3 Å². The van der Waals surface area contributed by atoms with E-state index < -0.39 is 12.0 Å². The summed E-state index contributed by atoms with van der Waals surface area (Å²) in [7, 11) is 0. The average molecular weight is 209 g/mol. The Labute approximate surface area is 88.7 Å². The first-order chi connectivity index (χ1) is 7.22.